The Morgan fingerprint density at radius 3 is 2.71 bits per heavy atom. The highest BCUT2D eigenvalue weighted by atomic mass is 16.1. The lowest BCUT2D eigenvalue weighted by atomic mass is 10.1. The zero-order chi connectivity index (χ0) is 16.9. The normalized spacial score (nSPS) is 10.8. The molecule has 122 valence electrons. The van der Waals surface area contributed by atoms with Gasteiger partial charge in [0.25, 0.3) is 0 Å². The van der Waals surface area contributed by atoms with Crippen molar-refractivity contribution in [3.05, 3.63) is 66.2 Å². The van der Waals surface area contributed by atoms with E-state index in [-0.39, 0.29) is 18.2 Å². The number of carbonyl (C=O) groups excluding carboxylic acids is 1. The third kappa shape index (κ3) is 3.84. The predicted octanol–water partition coefficient (Wildman–Crippen LogP) is 2.97. The van der Waals surface area contributed by atoms with Gasteiger partial charge < -0.3 is 0 Å². The second-order valence-corrected chi connectivity index (χ2v) is 5.77. The molecule has 3 rings (SSSR count). The highest BCUT2D eigenvalue weighted by Crippen LogP contribution is 2.12. The number of benzene rings is 1. The zero-order valence-corrected chi connectivity index (χ0v) is 13.7. The first-order valence-corrected chi connectivity index (χ1v) is 7.84. The van der Waals surface area contributed by atoms with Crippen LogP contribution in [0.3, 0.4) is 0 Å². The van der Waals surface area contributed by atoms with Gasteiger partial charge in [-0.05, 0) is 30.2 Å². The maximum atomic E-state index is 12.2. The van der Waals surface area contributed by atoms with Crippen molar-refractivity contribution in [3.8, 4) is 5.69 Å². The van der Waals surface area contributed by atoms with Crippen molar-refractivity contribution >= 4 is 11.9 Å². The fourth-order valence-corrected chi connectivity index (χ4v) is 2.27. The van der Waals surface area contributed by atoms with Crippen LogP contribution in [0.4, 0.5) is 5.95 Å². The Bertz CT molecular complexity index is 826. The Labute approximate surface area is 140 Å². The van der Waals surface area contributed by atoms with Gasteiger partial charge in [-0.2, -0.15) is 5.10 Å². The summed E-state index contributed by atoms with van der Waals surface area (Å²) in [5.41, 5.74) is 2.54. The predicted molar refractivity (Wildman–Crippen MR) is 92.0 cm³/mol. The number of nitrogens with one attached hydrogen (secondary N) is 1. The number of hydrogen-bond acceptors (Lipinski definition) is 4. The standard InChI is InChI=1S/C18H19N5O/c1-13(2)16-8-10-19-18(20-16)21-17(24)12-14-9-11-23(22-14)15-6-4-3-5-7-15/h3-11,13H,12H2,1-2H3,(H,19,20,21,24). The fraction of sp³-hybridized carbons (Fsp3) is 0.222. The summed E-state index contributed by atoms with van der Waals surface area (Å²) in [5.74, 6) is 0.424. The van der Waals surface area contributed by atoms with E-state index in [1.54, 1.807) is 10.9 Å². The SMILES string of the molecule is CC(C)c1ccnc(NC(=O)Cc2ccn(-c3ccccc3)n2)n1. The minimum absolute atomic E-state index is 0.176. The molecule has 1 amide bonds. The molecular formula is C18H19N5O. The second kappa shape index (κ2) is 7.04. The number of para-hydroxylation sites is 1. The Morgan fingerprint density at radius 1 is 1.17 bits per heavy atom. The van der Waals surface area contributed by atoms with Crippen molar-refractivity contribution in [2.75, 3.05) is 5.32 Å². The van der Waals surface area contributed by atoms with Crippen molar-refractivity contribution in [1.29, 1.82) is 0 Å². The van der Waals surface area contributed by atoms with Gasteiger partial charge in [-0.25, -0.2) is 14.6 Å². The molecule has 0 saturated carbocycles. The number of aromatic nitrogens is 4. The van der Waals surface area contributed by atoms with Crippen LogP contribution < -0.4 is 5.32 Å². The maximum absolute atomic E-state index is 12.2. The van der Waals surface area contributed by atoms with E-state index in [0.29, 0.717) is 11.6 Å². The van der Waals surface area contributed by atoms with E-state index in [1.165, 1.54) is 0 Å². The van der Waals surface area contributed by atoms with Crippen molar-refractivity contribution in [2.45, 2.75) is 26.2 Å². The number of carbonyl (C=O) groups is 1. The van der Waals surface area contributed by atoms with E-state index in [4.69, 9.17) is 0 Å². The van der Waals surface area contributed by atoms with Gasteiger partial charge in [0.1, 0.15) is 0 Å². The molecule has 1 N–H and O–H groups in total. The molecule has 0 aliphatic heterocycles. The molecule has 6 heteroatoms. The summed E-state index contributed by atoms with van der Waals surface area (Å²) in [4.78, 5) is 20.6. The smallest absolute Gasteiger partial charge is 0.232 e. The molecule has 0 saturated heterocycles. The Balaban J connectivity index is 1.65. The van der Waals surface area contributed by atoms with E-state index in [9.17, 15) is 4.79 Å². The van der Waals surface area contributed by atoms with Gasteiger partial charge in [0.2, 0.25) is 11.9 Å². The molecule has 0 radical (unpaired) electrons. The Kier molecular flexibility index (Phi) is 4.65. The first kappa shape index (κ1) is 15.9. The Hall–Kier alpha value is -3.02. The molecular weight excluding hydrogens is 302 g/mol. The molecule has 3 aromatic rings. The average Bonchev–Trinajstić information content (AvgIpc) is 3.04. The van der Waals surface area contributed by atoms with Crippen molar-refractivity contribution in [3.63, 3.8) is 0 Å². The number of nitrogens with zero attached hydrogens (tertiary/aromatic N) is 4. The highest BCUT2D eigenvalue weighted by molar-refractivity contribution is 5.90. The summed E-state index contributed by atoms with van der Waals surface area (Å²) in [6.45, 7) is 4.09. The molecule has 0 fully saturated rings. The fourth-order valence-electron chi connectivity index (χ4n) is 2.27. The van der Waals surface area contributed by atoms with Crippen LogP contribution in [-0.2, 0) is 11.2 Å². The molecule has 0 aliphatic rings. The van der Waals surface area contributed by atoms with Crippen molar-refractivity contribution < 1.29 is 4.79 Å². The summed E-state index contributed by atoms with van der Waals surface area (Å²) in [6, 6.07) is 13.4. The van der Waals surface area contributed by atoms with Gasteiger partial charge >= 0.3 is 0 Å². The third-order valence-electron chi connectivity index (χ3n) is 3.53. The topological polar surface area (TPSA) is 72.7 Å². The maximum Gasteiger partial charge on any atom is 0.232 e. The van der Waals surface area contributed by atoms with Gasteiger partial charge in [-0.15, -0.1) is 0 Å². The molecule has 1 aromatic carbocycles. The lowest BCUT2D eigenvalue weighted by molar-refractivity contribution is -0.115. The molecule has 6 nitrogen and oxygen atoms in total. The molecule has 24 heavy (non-hydrogen) atoms. The van der Waals surface area contributed by atoms with Crippen LogP contribution in [0, 0.1) is 0 Å². The van der Waals surface area contributed by atoms with Crippen LogP contribution in [0.1, 0.15) is 31.2 Å². The monoisotopic (exact) mass is 321 g/mol. The van der Waals surface area contributed by atoms with Crippen LogP contribution in [0.5, 0.6) is 0 Å². The summed E-state index contributed by atoms with van der Waals surface area (Å²) in [6.07, 6.45) is 3.67. The first-order valence-electron chi connectivity index (χ1n) is 7.84. The van der Waals surface area contributed by atoms with E-state index < -0.39 is 0 Å². The first-order chi connectivity index (χ1) is 11.6. The van der Waals surface area contributed by atoms with E-state index in [0.717, 1.165) is 11.4 Å². The van der Waals surface area contributed by atoms with Crippen LogP contribution in [0.2, 0.25) is 0 Å². The summed E-state index contributed by atoms with van der Waals surface area (Å²) >= 11 is 0. The van der Waals surface area contributed by atoms with Gasteiger partial charge in [0, 0.05) is 18.1 Å². The lowest BCUT2D eigenvalue weighted by Gasteiger charge is -2.07. The van der Waals surface area contributed by atoms with Crippen LogP contribution in [0.15, 0.2) is 54.9 Å². The lowest BCUT2D eigenvalue weighted by Crippen LogP contribution is -2.17. The Morgan fingerprint density at radius 2 is 1.96 bits per heavy atom. The number of hydrogen-bond donors (Lipinski definition) is 1. The van der Waals surface area contributed by atoms with Gasteiger partial charge in [0.15, 0.2) is 0 Å². The molecule has 0 unspecified atom stereocenters. The molecule has 0 atom stereocenters. The quantitative estimate of drug-likeness (QED) is 0.784. The number of anilines is 1. The molecule has 0 spiro atoms. The zero-order valence-electron chi connectivity index (χ0n) is 13.7. The van der Waals surface area contributed by atoms with Crippen molar-refractivity contribution in [2.24, 2.45) is 0 Å². The van der Waals surface area contributed by atoms with E-state index in [1.807, 2.05) is 62.5 Å². The van der Waals surface area contributed by atoms with Crippen molar-refractivity contribution in [1.82, 2.24) is 19.7 Å². The minimum atomic E-state index is -0.186. The average molecular weight is 321 g/mol. The van der Waals surface area contributed by atoms with Gasteiger partial charge in [-0.3, -0.25) is 10.1 Å². The largest absolute Gasteiger partial charge is 0.294 e. The van der Waals surface area contributed by atoms with Crippen LogP contribution in [0.25, 0.3) is 5.69 Å². The van der Waals surface area contributed by atoms with E-state index in [2.05, 4.69) is 20.4 Å². The molecule has 0 aliphatic carbocycles. The summed E-state index contributed by atoms with van der Waals surface area (Å²) in [5, 5.41) is 7.15. The molecule has 2 heterocycles. The number of amides is 1. The van der Waals surface area contributed by atoms with Gasteiger partial charge in [0.05, 0.1) is 17.8 Å². The molecule has 0 bridgehead atoms. The van der Waals surface area contributed by atoms with Gasteiger partial charge in [-0.1, -0.05) is 32.0 Å². The number of rotatable bonds is 5. The van der Waals surface area contributed by atoms with Crippen LogP contribution >= 0.6 is 0 Å². The minimum Gasteiger partial charge on any atom is -0.294 e. The van der Waals surface area contributed by atoms with E-state index >= 15 is 0 Å². The molecule has 2 aromatic heterocycles. The third-order valence-corrected chi connectivity index (χ3v) is 3.53. The summed E-state index contributed by atoms with van der Waals surface area (Å²) in [7, 11) is 0. The summed E-state index contributed by atoms with van der Waals surface area (Å²) < 4.78 is 1.75. The highest BCUT2D eigenvalue weighted by Gasteiger charge is 2.10. The second-order valence-electron chi connectivity index (χ2n) is 5.77. The van der Waals surface area contributed by atoms with Crippen LogP contribution in [-0.4, -0.2) is 25.7 Å².